The Morgan fingerprint density at radius 3 is 2.62 bits per heavy atom. The van der Waals surface area contributed by atoms with Crippen molar-refractivity contribution in [2.24, 2.45) is 0 Å². The number of anilines is 1. The van der Waals surface area contributed by atoms with Crippen molar-refractivity contribution in [3.63, 3.8) is 0 Å². The lowest BCUT2D eigenvalue weighted by molar-refractivity contribution is -0.385. The van der Waals surface area contributed by atoms with Crippen LogP contribution in [0.3, 0.4) is 0 Å². The number of hydrogen-bond donors (Lipinski definition) is 1. The highest BCUT2D eigenvalue weighted by Crippen LogP contribution is 2.37. The van der Waals surface area contributed by atoms with E-state index in [1.54, 1.807) is 13.0 Å². The van der Waals surface area contributed by atoms with E-state index in [0.29, 0.717) is 17.5 Å². The monoisotopic (exact) mass is 301 g/mol. The summed E-state index contributed by atoms with van der Waals surface area (Å²) in [6.45, 7) is 1.67. The van der Waals surface area contributed by atoms with Crippen LogP contribution in [0.15, 0.2) is 28.8 Å². The number of benzene rings is 1. The number of aromatic nitrogens is 1. The van der Waals surface area contributed by atoms with Gasteiger partial charge >= 0.3 is 6.18 Å². The van der Waals surface area contributed by atoms with Crippen molar-refractivity contribution < 1.29 is 22.6 Å². The molecule has 0 aliphatic carbocycles. The molecule has 0 atom stereocenters. The van der Waals surface area contributed by atoms with E-state index >= 15 is 0 Å². The topological polar surface area (TPSA) is 81.2 Å². The quantitative estimate of drug-likeness (QED) is 0.690. The molecule has 9 heteroatoms. The summed E-state index contributed by atoms with van der Waals surface area (Å²) in [6, 6.07) is 4.10. The van der Waals surface area contributed by atoms with Crippen LogP contribution in [0.5, 0.6) is 0 Å². The first-order valence-electron chi connectivity index (χ1n) is 5.79. The molecule has 1 aromatic carbocycles. The maximum absolute atomic E-state index is 12.9. The summed E-state index contributed by atoms with van der Waals surface area (Å²) in [5, 5.41) is 16.8. The highest BCUT2D eigenvalue weighted by atomic mass is 19.4. The molecular formula is C12H10F3N3O3. The van der Waals surface area contributed by atoms with Crippen LogP contribution in [0.2, 0.25) is 0 Å². The molecule has 0 spiro atoms. The maximum Gasteiger partial charge on any atom is 0.418 e. The second kappa shape index (κ2) is 5.43. The molecule has 0 radical (unpaired) electrons. The summed E-state index contributed by atoms with van der Waals surface area (Å²) < 4.78 is 43.6. The first-order valence-corrected chi connectivity index (χ1v) is 5.79. The van der Waals surface area contributed by atoms with Crippen molar-refractivity contribution in [2.75, 3.05) is 5.32 Å². The standard InChI is InChI=1S/C12H10F3N3O3/c1-7-4-8(17-21-7)6-16-11-3-2-9(18(19)20)5-10(11)12(13,14)15/h2-5,16H,6H2,1H3. The molecule has 6 nitrogen and oxygen atoms in total. The summed E-state index contributed by atoms with van der Waals surface area (Å²) in [5.74, 6) is 0.534. The van der Waals surface area contributed by atoms with Crippen LogP contribution in [0.1, 0.15) is 17.0 Å². The zero-order chi connectivity index (χ0) is 15.6. The lowest BCUT2D eigenvalue weighted by atomic mass is 10.1. The molecule has 1 heterocycles. The molecule has 0 amide bonds. The zero-order valence-corrected chi connectivity index (χ0v) is 10.8. The van der Waals surface area contributed by atoms with Crippen LogP contribution in [0.25, 0.3) is 0 Å². The van der Waals surface area contributed by atoms with Gasteiger partial charge in [-0.25, -0.2) is 0 Å². The average Bonchev–Trinajstić information content (AvgIpc) is 2.81. The number of halogens is 3. The van der Waals surface area contributed by atoms with E-state index in [0.717, 1.165) is 12.1 Å². The summed E-state index contributed by atoms with van der Waals surface area (Å²) in [4.78, 5) is 9.69. The van der Waals surface area contributed by atoms with Crippen LogP contribution in [-0.4, -0.2) is 10.1 Å². The molecule has 21 heavy (non-hydrogen) atoms. The number of nitro groups is 1. The van der Waals surface area contributed by atoms with Crippen molar-refractivity contribution in [1.82, 2.24) is 5.16 Å². The van der Waals surface area contributed by atoms with Gasteiger partial charge in [0, 0.05) is 23.9 Å². The van der Waals surface area contributed by atoms with Crippen LogP contribution in [0.4, 0.5) is 24.5 Å². The minimum atomic E-state index is -4.70. The third-order valence-electron chi connectivity index (χ3n) is 2.66. The predicted octanol–water partition coefficient (Wildman–Crippen LogP) is 3.52. The van der Waals surface area contributed by atoms with Gasteiger partial charge in [-0.15, -0.1) is 0 Å². The van der Waals surface area contributed by atoms with E-state index < -0.39 is 22.4 Å². The van der Waals surface area contributed by atoms with E-state index in [1.807, 2.05) is 0 Å². The van der Waals surface area contributed by atoms with Crippen molar-refractivity contribution in [3.05, 3.63) is 51.4 Å². The van der Waals surface area contributed by atoms with E-state index in [-0.39, 0.29) is 12.2 Å². The Hall–Kier alpha value is -2.58. The number of alkyl halides is 3. The van der Waals surface area contributed by atoms with Gasteiger partial charge in [0.15, 0.2) is 0 Å². The second-order valence-electron chi connectivity index (χ2n) is 4.27. The molecule has 2 aromatic rings. The lowest BCUT2D eigenvalue weighted by Gasteiger charge is -2.13. The van der Waals surface area contributed by atoms with E-state index in [2.05, 4.69) is 10.5 Å². The highest BCUT2D eigenvalue weighted by molar-refractivity contribution is 5.57. The number of nitrogens with one attached hydrogen (secondary N) is 1. The molecular weight excluding hydrogens is 291 g/mol. The number of rotatable bonds is 4. The van der Waals surface area contributed by atoms with Crippen LogP contribution >= 0.6 is 0 Å². The Bertz CT molecular complexity index is 667. The molecule has 0 aliphatic rings. The number of non-ortho nitro benzene ring substituents is 1. The van der Waals surface area contributed by atoms with Gasteiger partial charge in [0.1, 0.15) is 11.5 Å². The molecule has 0 fully saturated rings. The van der Waals surface area contributed by atoms with E-state index in [9.17, 15) is 23.3 Å². The number of hydrogen-bond acceptors (Lipinski definition) is 5. The Kier molecular flexibility index (Phi) is 3.83. The molecule has 0 unspecified atom stereocenters. The first-order chi connectivity index (χ1) is 9.77. The molecule has 0 aliphatic heterocycles. The molecule has 2 rings (SSSR count). The van der Waals surface area contributed by atoms with Gasteiger partial charge in [0.05, 0.1) is 17.0 Å². The van der Waals surface area contributed by atoms with Crippen LogP contribution in [-0.2, 0) is 12.7 Å². The Morgan fingerprint density at radius 2 is 2.10 bits per heavy atom. The number of nitrogens with zero attached hydrogens (tertiary/aromatic N) is 2. The third kappa shape index (κ3) is 3.50. The number of aryl methyl sites for hydroxylation is 1. The molecule has 112 valence electrons. The van der Waals surface area contributed by atoms with Crippen molar-refractivity contribution in [1.29, 1.82) is 0 Å². The van der Waals surface area contributed by atoms with Gasteiger partial charge in [-0.2, -0.15) is 13.2 Å². The summed E-state index contributed by atoms with van der Waals surface area (Å²) in [5.41, 5.74) is -1.55. The van der Waals surface area contributed by atoms with Crippen LogP contribution in [0, 0.1) is 17.0 Å². The van der Waals surface area contributed by atoms with Crippen molar-refractivity contribution in [2.45, 2.75) is 19.6 Å². The van der Waals surface area contributed by atoms with Crippen molar-refractivity contribution in [3.8, 4) is 0 Å². The fourth-order valence-electron chi connectivity index (χ4n) is 1.72. The zero-order valence-electron chi connectivity index (χ0n) is 10.8. The van der Waals surface area contributed by atoms with Gasteiger partial charge in [-0.1, -0.05) is 5.16 Å². The normalized spacial score (nSPS) is 11.4. The largest absolute Gasteiger partial charge is 0.418 e. The SMILES string of the molecule is Cc1cc(CNc2ccc([N+](=O)[O-])cc2C(F)(F)F)no1. The molecule has 0 saturated carbocycles. The summed E-state index contributed by atoms with van der Waals surface area (Å²) >= 11 is 0. The van der Waals surface area contributed by atoms with Gasteiger partial charge in [-0.3, -0.25) is 10.1 Å². The molecule has 1 N–H and O–H groups in total. The molecule has 0 bridgehead atoms. The Balaban J connectivity index is 2.27. The summed E-state index contributed by atoms with van der Waals surface area (Å²) in [7, 11) is 0. The Morgan fingerprint density at radius 1 is 1.38 bits per heavy atom. The number of nitro benzene ring substituents is 1. The van der Waals surface area contributed by atoms with Gasteiger partial charge < -0.3 is 9.84 Å². The second-order valence-corrected chi connectivity index (χ2v) is 4.27. The van der Waals surface area contributed by atoms with Gasteiger partial charge in [0.25, 0.3) is 5.69 Å². The fourth-order valence-corrected chi connectivity index (χ4v) is 1.72. The van der Waals surface area contributed by atoms with Gasteiger partial charge in [0.2, 0.25) is 0 Å². The smallest absolute Gasteiger partial charge is 0.379 e. The third-order valence-corrected chi connectivity index (χ3v) is 2.66. The van der Waals surface area contributed by atoms with Crippen molar-refractivity contribution >= 4 is 11.4 Å². The van der Waals surface area contributed by atoms with E-state index in [1.165, 1.54) is 0 Å². The highest BCUT2D eigenvalue weighted by Gasteiger charge is 2.35. The summed E-state index contributed by atoms with van der Waals surface area (Å²) in [6.07, 6.45) is -4.70. The first kappa shape index (κ1) is 14.8. The lowest BCUT2D eigenvalue weighted by Crippen LogP contribution is -2.11. The minimum Gasteiger partial charge on any atom is -0.379 e. The minimum absolute atomic E-state index is 0.0121. The Labute approximate surface area is 116 Å². The predicted molar refractivity (Wildman–Crippen MR) is 66.7 cm³/mol. The van der Waals surface area contributed by atoms with Gasteiger partial charge in [-0.05, 0) is 13.0 Å². The molecule has 1 aromatic heterocycles. The maximum atomic E-state index is 12.9. The fraction of sp³-hybridized carbons (Fsp3) is 0.250. The van der Waals surface area contributed by atoms with Crippen LogP contribution < -0.4 is 5.32 Å². The molecule has 0 saturated heterocycles. The average molecular weight is 301 g/mol. The van der Waals surface area contributed by atoms with E-state index in [4.69, 9.17) is 4.52 Å².